The summed E-state index contributed by atoms with van der Waals surface area (Å²) in [6, 6.07) is 17.4. The molecule has 1 aliphatic rings. The van der Waals surface area contributed by atoms with Gasteiger partial charge in [-0.15, -0.1) is 0 Å². The molecule has 130 valence electrons. The number of hydrogen-bond donors (Lipinski definition) is 1. The van der Waals surface area contributed by atoms with Crippen molar-refractivity contribution in [3.8, 4) is 0 Å². The van der Waals surface area contributed by atoms with Gasteiger partial charge in [-0.1, -0.05) is 55.5 Å². The van der Waals surface area contributed by atoms with E-state index in [-0.39, 0.29) is 11.8 Å². The van der Waals surface area contributed by atoms with Crippen LogP contribution in [0.1, 0.15) is 47.7 Å². The first-order valence-corrected chi connectivity index (χ1v) is 8.68. The lowest BCUT2D eigenvalue weighted by molar-refractivity contribution is -0.139. The number of amides is 1. The third-order valence-electron chi connectivity index (χ3n) is 4.84. The number of carbonyl (C=O) groups excluding carboxylic acids is 2. The van der Waals surface area contributed by atoms with E-state index in [1.165, 1.54) is 5.56 Å². The summed E-state index contributed by atoms with van der Waals surface area (Å²) >= 11 is 0. The van der Waals surface area contributed by atoms with Gasteiger partial charge in [0.15, 0.2) is 5.60 Å². The number of rotatable bonds is 5. The molecule has 0 aromatic heterocycles. The van der Waals surface area contributed by atoms with E-state index in [9.17, 15) is 9.59 Å². The average molecular weight is 337 g/mol. The number of hydrogen-bond acceptors (Lipinski definition) is 3. The fourth-order valence-electron chi connectivity index (χ4n) is 3.29. The van der Waals surface area contributed by atoms with Crippen LogP contribution in [0.3, 0.4) is 0 Å². The minimum atomic E-state index is -1.17. The maximum Gasteiger partial charge on any atom is 0.339 e. The number of esters is 1. The van der Waals surface area contributed by atoms with Gasteiger partial charge in [-0.2, -0.15) is 0 Å². The van der Waals surface area contributed by atoms with E-state index < -0.39 is 11.6 Å². The molecule has 0 saturated carbocycles. The molecule has 0 fully saturated rings. The molecule has 1 amide bonds. The Morgan fingerprint density at radius 2 is 1.84 bits per heavy atom. The Balaban J connectivity index is 1.70. The van der Waals surface area contributed by atoms with Crippen LogP contribution >= 0.6 is 0 Å². The normalized spacial score (nSPS) is 20.3. The number of benzene rings is 2. The lowest BCUT2D eigenvalue weighted by Crippen LogP contribution is -2.52. The molecule has 0 bridgehead atoms. The van der Waals surface area contributed by atoms with Crippen molar-refractivity contribution in [2.24, 2.45) is 0 Å². The molecule has 0 saturated heterocycles. The summed E-state index contributed by atoms with van der Waals surface area (Å²) in [4.78, 5) is 25.0. The molecule has 0 radical (unpaired) electrons. The Morgan fingerprint density at radius 1 is 1.16 bits per heavy atom. The van der Waals surface area contributed by atoms with Gasteiger partial charge >= 0.3 is 5.97 Å². The van der Waals surface area contributed by atoms with Crippen molar-refractivity contribution in [1.29, 1.82) is 0 Å². The SMILES string of the molecule is CCC(CNC(=O)C1(C)Cc2ccccc2C(=O)O1)c1ccccc1. The van der Waals surface area contributed by atoms with Gasteiger partial charge < -0.3 is 10.1 Å². The van der Waals surface area contributed by atoms with E-state index in [4.69, 9.17) is 4.74 Å². The first kappa shape index (κ1) is 17.2. The van der Waals surface area contributed by atoms with E-state index >= 15 is 0 Å². The van der Waals surface area contributed by atoms with E-state index in [0.717, 1.165) is 12.0 Å². The van der Waals surface area contributed by atoms with Crippen LogP contribution in [0.25, 0.3) is 0 Å². The zero-order valence-electron chi connectivity index (χ0n) is 14.6. The zero-order chi connectivity index (χ0) is 17.9. The number of ether oxygens (including phenoxy) is 1. The number of carbonyl (C=O) groups is 2. The third-order valence-corrected chi connectivity index (χ3v) is 4.84. The van der Waals surface area contributed by atoms with Gasteiger partial charge in [-0.05, 0) is 30.5 Å². The number of fused-ring (bicyclic) bond motifs is 1. The second kappa shape index (κ2) is 7.09. The smallest absolute Gasteiger partial charge is 0.339 e. The largest absolute Gasteiger partial charge is 0.445 e. The van der Waals surface area contributed by atoms with Crippen LogP contribution in [-0.2, 0) is 16.0 Å². The van der Waals surface area contributed by atoms with Crippen LogP contribution in [0.2, 0.25) is 0 Å². The molecule has 3 rings (SSSR count). The number of nitrogens with one attached hydrogen (secondary N) is 1. The molecule has 0 spiro atoms. The van der Waals surface area contributed by atoms with Gasteiger partial charge in [0.1, 0.15) is 0 Å². The second-order valence-electron chi connectivity index (χ2n) is 6.68. The highest BCUT2D eigenvalue weighted by Crippen LogP contribution is 2.28. The third kappa shape index (κ3) is 3.58. The van der Waals surface area contributed by atoms with E-state index in [2.05, 4.69) is 24.4 Å². The van der Waals surface area contributed by atoms with Crippen molar-refractivity contribution >= 4 is 11.9 Å². The average Bonchev–Trinajstić information content (AvgIpc) is 2.63. The summed E-state index contributed by atoms with van der Waals surface area (Å²) < 4.78 is 5.48. The maximum atomic E-state index is 12.7. The summed E-state index contributed by atoms with van der Waals surface area (Å²) in [6.07, 6.45) is 1.31. The van der Waals surface area contributed by atoms with E-state index in [1.807, 2.05) is 30.3 Å². The van der Waals surface area contributed by atoms with Gasteiger partial charge in [-0.3, -0.25) is 4.79 Å². The molecule has 2 unspecified atom stereocenters. The van der Waals surface area contributed by atoms with E-state index in [0.29, 0.717) is 18.5 Å². The molecule has 2 atom stereocenters. The zero-order valence-corrected chi connectivity index (χ0v) is 14.6. The Kier molecular flexibility index (Phi) is 4.88. The van der Waals surface area contributed by atoms with Crippen LogP contribution in [0.5, 0.6) is 0 Å². The molecule has 1 aliphatic heterocycles. The highest BCUT2D eigenvalue weighted by molar-refractivity contribution is 5.97. The maximum absolute atomic E-state index is 12.7. The Morgan fingerprint density at radius 3 is 2.56 bits per heavy atom. The van der Waals surface area contributed by atoms with Gasteiger partial charge in [0.2, 0.25) is 0 Å². The molecule has 2 aromatic carbocycles. The molecule has 4 nitrogen and oxygen atoms in total. The van der Waals surface area contributed by atoms with Crippen molar-refractivity contribution in [2.75, 3.05) is 6.54 Å². The standard InChI is InChI=1S/C21H23NO3/c1-3-15(16-9-5-4-6-10-16)14-22-20(24)21(2)13-17-11-7-8-12-18(17)19(23)25-21/h4-12,15H,3,13-14H2,1-2H3,(H,22,24). The summed E-state index contributed by atoms with van der Waals surface area (Å²) in [6.45, 7) is 4.30. The predicted octanol–water partition coefficient (Wildman–Crippen LogP) is 3.47. The second-order valence-corrected chi connectivity index (χ2v) is 6.68. The van der Waals surface area contributed by atoms with Gasteiger partial charge in [-0.25, -0.2) is 4.79 Å². The van der Waals surface area contributed by atoms with Crippen molar-refractivity contribution in [3.63, 3.8) is 0 Å². The highest BCUT2D eigenvalue weighted by Gasteiger charge is 2.42. The van der Waals surface area contributed by atoms with E-state index in [1.54, 1.807) is 19.1 Å². The summed E-state index contributed by atoms with van der Waals surface area (Å²) in [5.41, 5.74) is 1.43. The first-order chi connectivity index (χ1) is 12.0. The van der Waals surface area contributed by atoms with Gasteiger partial charge in [0.25, 0.3) is 5.91 Å². The van der Waals surface area contributed by atoms with Crippen LogP contribution in [0, 0.1) is 0 Å². The fraction of sp³-hybridized carbons (Fsp3) is 0.333. The minimum absolute atomic E-state index is 0.236. The molecule has 2 aromatic rings. The van der Waals surface area contributed by atoms with Crippen LogP contribution in [-0.4, -0.2) is 24.0 Å². The van der Waals surface area contributed by atoms with Crippen molar-refractivity contribution in [3.05, 3.63) is 71.3 Å². The predicted molar refractivity (Wildman–Crippen MR) is 96.5 cm³/mol. The molecule has 4 heteroatoms. The lowest BCUT2D eigenvalue weighted by atomic mass is 9.89. The lowest BCUT2D eigenvalue weighted by Gasteiger charge is -2.33. The van der Waals surface area contributed by atoms with Gasteiger partial charge in [0.05, 0.1) is 5.56 Å². The molecule has 0 aliphatic carbocycles. The van der Waals surface area contributed by atoms with Crippen LogP contribution in [0.4, 0.5) is 0 Å². The van der Waals surface area contributed by atoms with Crippen LogP contribution < -0.4 is 5.32 Å². The molecule has 25 heavy (non-hydrogen) atoms. The Labute approximate surface area is 148 Å². The Bertz CT molecular complexity index is 772. The molecule has 1 N–H and O–H groups in total. The summed E-state index contributed by atoms with van der Waals surface area (Å²) in [5, 5.41) is 2.98. The molecule has 1 heterocycles. The molecular formula is C21H23NO3. The van der Waals surface area contributed by atoms with Gasteiger partial charge in [0, 0.05) is 18.9 Å². The first-order valence-electron chi connectivity index (χ1n) is 8.68. The summed E-state index contributed by atoms with van der Waals surface area (Å²) in [7, 11) is 0. The van der Waals surface area contributed by atoms with Crippen molar-refractivity contribution < 1.29 is 14.3 Å². The van der Waals surface area contributed by atoms with Crippen molar-refractivity contribution in [2.45, 2.75) is 38.2 Å². The quantitative estimate of drug-likeness (QED) is 0.850. The number of cyclic esters (lactones) is 1. The van der Waals surface area contributed by atoms with Crippen LogP contribution in [0.15, 0.2) is 54.6 Å². The summed E-state index contributed by atoms with van der Waals surface area (Å²) in [5.74, 6) is -0.445. The minimum Gasteiger partial charge on any atom is -0.445 e. The van der Waals surface area contributed by atoms with Crippen molar-refractivity contribution in [1.82, 2.24) is 5.32 Å². The fourth-order valence-corrected chi connectivity index (χ4v) is 3.29. The monoisotopic (exact) mass is 337 g/mol. The topological polar surface area (TPSA) is 55.4 Å². The highest BCUT2D eigenvalue weighted by atomic mass is 16.6. The molecular weight excluding hydrogens is 314 g/mol. The Hall–Kier alpha value is -2.62.